The zero-order valence-corrected chi connectivity index (χ0v) is 22.2. The van der Waals surface area contributed by atoms with Crippen molar-refractivity contribution >= 4 is 39.2 Å². The van der Waals surface area contributed by atoms with Gasteiger partial charge in [-0.15, -0.1) is 0 Å². The Kier molecular flexibility index (Phi) is 18.5. The Balaban J connectivity index is 0.00000784. The van der Waals surface area contributed by atoms with Gasteiger partial charge in [0.15, 0.2) is 0 Å². The number of hydrogen-bond acceptors (Lipinski definition) is 4. The molecule has 1 rings (SSSR count). The average molecular weight is 598 g/mol. The number of rotatable bonds is 16. The predicted molar refractivity (Wildman–Crippen MR) is 120 cm³/mol. The minimum Gasteiger partial charge on any atom is -0.462 e. The predicted octanol–water partition coefficient (Wildman–Crippen LogP) is 6.34. The van der Waals surface area contributed by atoms with E-state index in [2.05, 4.69) is 13.8 Å². The van der Waals surface area contributed by atoms with Crippen LogP contribution in [0, 0.1) is 0 Å². The third-order valence-corrected chi connectivity index (χ3v) is 4.83. The van der Waals surface area contributed by atoms with Gasteiger partial charge in [-0.3, -0.25) is 0 Å². The molecule has 0 heterocycles. The summed E-state index contributed by atoms with van der Waals surface area (Å²) in [7, 11) is 0. The van der Waals surface area contributed by atoms with Crippen molar-refractivity contribution in [1.82, 2.24) is 0 Å². The molecule has 0 aliphatic carbocycles. The zero-order valence-electron chi connectivity index (χ0n) is 18.3. The molecule has 0 saturated carbocycles. The van der Waals surface area contributed by atoms with Crippen molar-refractivity contribution in [3.8, 4) is 0 Å². The SMILES string of the molecule is CCCCCCCCOC(=O)c1ccccc1C(=O)OCCCCCCCC.[Pb]. The molecular weight excluding hydrogens is 559 g/mol. The summed E-state index contributed by atoms with van der Waals surface area (Å²) in [6.07, 6.45) is 13.6. The third kappa shape index (κ3) is 13.1. The number of esters is 2. The molecule has 5 heteroatoms. The van der Waals surface area contributed by atoms with Crippen molar-refractivity contribution in [2.24, 2.45) is 0 Å². The van der Waals surface area contributed by atoms with Crippen molar-refractivity contribution in [1.29, 1.82) is 0 Å². The number of unbranched alkanes of at least 4 members (excludes halogenated alkanes) is 10. The van der Waals surface area contributed by atoms with Gasteiger partial charge in [-0.25, -0.2) is 9.59 Å². The second-order valence-corrected chi connectivity index (χ2v) is 7.35. The van der Waals surface area contributed by atoms with Crippen LogP contribution in [0.2, 0.25) is 0 Å². The van der Waals surface area contributed by atoms with Crippen LogP contribution in [0.5, 0.6) is 0 Å². The quantitative estimate of drug-likeness (QED) is 0.127. The van der Waals surface area contributed by atoms with E-state index in [1.165, 1.54) is 51.4 Å². The summed E-state index contributed by atoms with van der Waals surface area (Å²) in [5.41, 5.74) is 0.586. The summed E-state index contributed by atoms with van der Waals surface area (Å²) >= 11 is 0. The van der Waals surface area contributed by atoms with E-state index >= 15 is 0 Å². The van der Waals surface area contributed by atoms with Crippen LogP contribution in [0.1, 0.15) is 112 Å². The van der Waals surface area contributed by atoms with Gasteiger partial charge in [0, 0.05) is 27.3 Å². The molecular formula is C24H38O4Pb. The van der Waals surface area contributed by atoms with Crippen LogP contribution in [0.15, 0.2) is 24.3 Å². The number of ether oxygens (including phenoxy) is 2. The molecule has 1 aromatic carbocycles. The van der Waals surface area contributed by atoms with Gasteiger partial charge < -0.3 is 9.47 Å². The zero-order chi connectivity index (χ0) is 20.5. The smallest absolute Gasteiger partial charge is 0.339 e. The molecule has 29 heavy (non-hydrogen) atoms. The summed E-state index contributed by atoms with van der Waals surface area (Å²) < 4.78 is 10.7. The molecule has 1 aromatic rings. The molecule has 0 N–H and O–H groups in total. The second kappa shape index (κ2) is 19.1. The largest absolute Gasteiger partial charge is 0.462 e. The van der Waals surface area contributed by atoms with Gasteiger partial charge in [0.25, 0.3) is 0 Å². The van der Waals surface area contributed by atoms with Gasteiger partial charge in [-0.1, -0.05) is 90.2 Å². The first-order valence-electron chi connectivity index (χ1n) is 11.1. The maximum atomic E-state index is 12.4. The average Bonchev–Trinajstić information content (AvgIpc) is 2.72. The summed E-state index contributed by atoms with van der Waals surface area (Å²) in [6.45, 7) is 5.17. The summed E-state index contributed by atoms with van der Waals surface area (Å²) in [5, 5.41) is 0. The van der Waals surface area contributed by atoms with Gasteiger partial charge in [-0.2, -0.15) is 0 Å². The van der Waals surface area contributed by atoms with E-state index in [1.807, 2.05) is 0 Å². The molecule has 0 aromatic heterocycles. The molecule has 0 saturated heterocycles. The normalized spacial score (nSPS) is 10.3. The van der Waals surface area contributed by atoms with Crippen LogP contribution in [0.3, 0.4) is 0 Å². The summed E-state index contributed by atoms with van der Waals surface area (Å²) in [5.74, 6) is -0.888. The van der Waals surface area contributed by atoms with Gasteiger partial charge in [0.1, 0.15) is 0 Å². The maximum Gasteiger partial charge on any atom is 0.339 e. The van der Waals surface area contributed by atoms with E-state index in [1.54, 1.807) is 24.3 Å². The van der Waals surface area contributed by atoms with Crippen LogP contribution < -0.4 is 0 Å². The molecule has 162 valence electrons. The van der Waals surface area contributed by atoms with Crippen molar-refractivity contribution in [2.75, 3.05) is 13.2 Å². The molecule has 0 atom stereocenters. The Hall–Kier alpha value is -0.918. The first kappa shape index (κ1) is 28.1. The molecule has 0 fully saturated rings. The third-order valence-electron chi connectivity index (χ3n) is 4.83. The number of benzene rings is 1. The van der Waals surface area contributed by atoms with Gasteiger partial charge >= 0.3 is 11.9 Å². The Morgan fingerprint density at radius 1 is 0.621 bits per heavy atom. The molecule has 0 amide bonds. The van der Waals surface area contributed by atoms with Crippen LogP contribution >= 0.6 is 0 Å². The van der Waals surface area contributed by atoms with Crippen molar-refractivity contribution in [2.45, 2.75) is 90.9 Å². The molecule has 0 bridgehead atoms. The van der Waals surface area contributed by atoms with E-state index in [4.69, 9.17) is 9.47 Å². The molecule has 4 nitrogen and oxygen atoms in total. The Morgan fingerprint density at radius 3 is 1.34 bits per heavy atom. The summed E-state index contributed by atoms with van der Waals surface area (Å²) in [6, 6.07) is 6.74. The molecule has 4 radical (unpaired) electrons. The maximum absolute atomic E-state index is 12.4. The minimum absolute atomic E-state index is 0. The second-order valence-electron chi connectivity index (χ2n) is 7.35. The standard InChI is InChI=1S/C24H38O4.Pb/c1-3-5-7-9-11-15-19-27-23(25)21-17-13-14-18-22(21)24(26)28-20-16-12-10-8-6-4-2;/h13-14,17-18H,3-12,15-16,19-20H2,1-2H3;. The molecule has 0 aliphatic heterocycles. The minimum atomic E-state index is -0.444. The van der Waals surface area contributed by atoms with Gasteiger partial charge in [0.05, 0.1) is 24.3 Å². The van der Waals surface area contributed by atoms with Gasteiger partial charge in [-0.05, 0) is 25.0 Å². The van der Waals surface area contributed by atoms with E-state index in [0.717, 1.165) is 25.7 Å². The molecule has 0 aliphatic rings. The Morgan fingerprint density at radius 2 is 0.966 bits per heavy atom. The fourth-order valence-electron chi connectivity index (χ4n) is 3.09. The number of hydrogen-bond donors (Lipinski definition) is 0. The summed E-state index contributed by atoms with van der Waals surface area (Å²) in [4.78, 5) is 24.7. The van der Waals surface area contributed by atoms with Crippen LogP contribution in [-0.4, -0.2) is 52.5 Å². The van der Waals surface area contributed by atoms with E-state index in [0.29, 0.717) is 24.3 Å². The van der Waals surface area contributed by atoms with Crippen LogP contribution in [-0.2, 0) is 9.47 Å². The van der Waals surface area contributed by atoms with Crippen molar-refractivity contribution in [3.05, 3.63) is 35.4 Å². The molecule has 0 spiro atoms. The van der Waals surface area contributed by atoms with Crippen LogP contribution in [0.25, 0.3) is 0 Å². The monoisotopic (exact) mass is 598 g/mol. The van der Waals surface area contributed by atoms with Gasteiger partial charge in [0.2, 0.25) is 0 Å². The topological polar surface area (TPSA) is 52.6 Å². The first-order chi connectivity index (χ1) is 13.7. The first-order valence-corrected chi connectivity index (χ1v) is 11.1. The number of carbonyl (C=O) groups is 2. The molecule has 0 unspecified atom stereocenters. The van der Waals surface area contributed by atoms with E-state index in [-0.39, 0.29) is 27.3 Å². The van der Waals surface area contributed by atoms with Crippen molar-refractivity contribution < 1.29 is 19.1 Å². The van der Waals surface area contributed by atoms with E-state index < -0.39 is 11.9 Å². The van der Waals surface area contributed by atoms with Crippen LogP contribution in [0.4, 0.5) is 0 Å². The fourth-order valence-corrected chi connectivity index (χ4v) is 3.09. The van der Waals surface area contributed by atoms with Crippen molar-refractivity contribution in [3.63, 3.8) is 0 Å². The van der Waals surface area contributed by atoms with E-state index in [9.17, 15) is 9.59 Å². The fraction of sp³-hybridized carbons (Fsp3) is 0.667. The Bertz CT molecular complexity index is 511. The number of carbonyl (C=O) groups excluding carboxylic acids is 2. The Labute approximate surface area is 197 Å².